The highest BCUT2D eigenvalue weighted by atomic mass is 16.1. The second-order valence-electron chi connectivity index (χ2n) is 6.82. The Bertz CT molecular complexity index is 936. The molecule has 2 aromatic carbocycles. The number of aromatic nitrogens is 1. The molecule has 1 unspecified atom stereocenters. The summed E-state index contributed by atoms with van der Waals surface area (Å²) in [6, 6.07) is 22.5. The highest BCUT2D eigenvalue weighted by Crippen LogP contribution is 2.28. The summed E-state index contributed by atoms with van der Waals surface area (Å²) in [4.78, 5) is 16.1. The lowest BCUT2D eigenvalue weighted by Gasteiger charge is -2.23. The van der Waals surface area contributed by atoms with Gasteiger partial charge in [0.05, 0.1) is 6.04 Å². The number of hydrogen-bond acceptors (Lipinski definition) is 2. The minimum absolute atomic E-state index is 0.118. The largest absolute Gasteiger partial charge is 0.382 e. The van der Waals surface area contributed by atoms with Crippen molar-refractivity contribution in [2.24, 2.45) is 0 Å². The van der Waals surface area contributed by atoms with Gasteiger partial charge in [0.1, 0.15) is 0 Å². The zero-order valence-electron chi connectivity index (χ0n) is 14.8. The molecule has 0 saturated heterocycles. The molecule has 3 heteroatoms. The maximum absolute atomic E-state index is 12.6. The van der Waals surface area contributed by atoms with Crippen molar-refractivity contribution in [3.05, 3.63) is 95.3 Å². The van der Waals surface area contributed by atoms with E-state index in [1.807, 2.05) is 55.6 Å². The van der Waals surface area contributed by atoms with Crippen molar-refractivity contribution in [3.63, 3.8) is 0 Å². The summed E-state index contributed by atoms with van der Waals surface area (Å²) in [6.45, 7) is 2.03. The normalized spacial score (nSPS) is 16.7. The summed E-state index contributed by atoms with van der Waals surface area (Å²) in [7, 11) is 0. The predicted molar refractivity (Wildman–Crippen MR) is 105 cm³/mol. The summed E-state index contributed by atoms with van der Waals surface area (Å²) in [6.07, 6.45) is 3.57. The van der Waals surface area contributed by atoms with Crippen LogP contribution in [-0.4, -0.2) is 10.8 Å². The molecule has 3 aromatic rings. The molecule has 2 N–H and O–H groups in total. The molecular weight excluding hydrogens is 320 g/mol. The number of carbonyl (C=O) groups excluding carboxylic acids is 1. The van der Waals surface area contributed by atoms with Crippen molar-refractivity contribution in [2.45, 2.75) is 25.8 Å². The molecule has 2 heterocycles. The summed E-state index contributed by atoms with van der Waals surface area (Å²) in [5, 5.41) is 3.40. The van der Waals surface area contributed by atoms with Gasteiger partial charge in [-0.05, 0) is 37.5 Å². The Kier molecular flexibility index (Phi) is 4.44. The van der Waals surface area contributed by atoms with Gasteiger partial charge in [0.15, 0.2) is 5.78 Å². The molecule has 0 spiro atoms. The average Bonchev–Trinajstić information content (AvgIpc) is 3.19. The van der Waals surface area contributed by atoms with E-state index < -0.39 is 0 Å². The van der Waals surface area contributed by atoms with Crippen LogP contribution in [0.25, 0.3) is 11.3 Å². The van der Waals surface area contributed by atoms with Gasteiger partial charge in [0.2, 0.25) is 0 Å². The Hall–Kier alpha value is -3.07. The second-order valence-corrected chi connectivity index (χ2v) is 6.82. The molecule has 1 atom stereocenters. The molecule has 1 aliphatic heterocycles. The monoisotopic (exact) mass is 342 g/mol. The van der Waals surface area contributed by atoms with Crippen molar-refractivity contribution in [2.75, 3.05) is 0 Å². The van der Waals surface area contributed by atoms with Crippen LogP contribution in [0.1, 0.15) is 40.5 Å². The highest BCUT2D eigenvalue weighted by molar-refractivity contribution is 6.08. The van der Waals surface area contributed by atoms with E-state index in [4.69, 9.17) is 0 Å². The topological polar surface area (TPSA) is 44.9 Å². The number of allylic oxidation sites excluding steroid dienone is 1. The maximum atomic E-state index is 12.6. The van der Waals surface area contributed by atoms with Crippen molar-refractivity contribution >= 4 is 5.78 Å². The van der Waals surface area contributed by atoms with Gasteiger partial charge in [0.25, 0.3) is 0 Å². The number of rotatable bonds is 4. The minimum atomic E-state index is 0.118. The third-order valence-electron chi connectivity index (χ3n) is 4.94. The van der Waals surface area contributed by atoms with Crippen LogP contribution in [0.3, 0.4) is 0 Å². The fourth-order valence-corrected chi connectivity index (χ4v) is 3.37. The highest BCUT2D eigenvalue weighted by Gasteiger charge is 2.21. The number of H-pyrrole nitrogens is 1. The molecule has 130 valence electrons. The molecule has 3 nitrogen and oxygen atoms in total. The second kappa shape index (κ2) is 7.04. The van der Waals surface area contributed by atoms with E-state index in [2.05, 4.69) is 34.6 Å². The number of nitrogens with one attached hydrogen (secondary N) is 2. The first-order valence-corrected chi connectivity index (χ1v) is 9.01. The molecule has 0 fully saturated rings. The lowest BCUT2D eigenvalue weighted by Crippen LogP contribution is -2.23. The lowest BCUT2D eigenvalue weighted by molar-refractivity contribution is 0.102. The lowest BCUT2D eigenvalue weighted by atomic mass is 9.94. The summed E-state index contributed by atoms with van der Waals surface area (Å²) >= 11 is 0. The summed E-state index contributed by atoms with van der Waals surface area (Å²) < 4.78 is 0. The smallest absolute Gasteiger partial charge is 0.190 e. The van der Waals surface area contributed by atoms with E-state index in [0.717, 1.165) is 35.4 Å². The molecule has 0 aliphatic carbocycles. The first-order chi connectivity index (χ1) is 12.7. The van der Waals surface area contributed by atoms with E-state index in [9.17, 15) is 4.79 Å². The number of ketones is 1. The fourth-order valence-electron chi connectivity index (χ4n) is 3.37. The fraction of sp³-hybridized carbons (Fsp3) is 0.174. The molecule has 0 bridgehead atoms. The predicted octanol–water partition coefficient (Wildman–Crippen LogP) is 5.18. The number of hydrogen-bond donors (Lipinski definition) is 2. The van der Waals surface area contributed by atoms with Crippen LogP contribution in [0.2, 0.25) is 0 Å². The summed E-state index contributed by atoms with van der Waals surface area (Å²) in [5.74, 6) is 0.118. The van der Waals surface area contributed by atoms with Gasteiger partial charge in [-0.3, -0.25) is 4.79 Å². The average molecular weight is 342 g/mol. The van der Waals surface area contributed by atoms with Crippen molar-refractivity contribution in [1.29, 1.82) is 0 Å². The van der Waals surface area contributed by atoms with Gasteiger partial charge in [0, 0.05) is 28.7 Å². The number of aryl methyl sites for hydroxylation is 1. The zero-order chi connectivity index (χ0) is 17.9. The number of carbonyl (C=O) groups is 1. The van der Waals surface area contributed by atoms with Crippen molar-refractivity contribution in [3.8, 4) is 11.3 Å². The van der Waals surface area contributed by atoms with Crippen LogP contribution in [0.4, 0.5) is 0 Å². The van der Waals surface area contributed by atoms with Crippen LogP contribution in [0.5, 0.6) is 0 Å². The molecule has 0 amide bonds. The van der Waals surface area contributed by atoms with E-state index in [-0.39, 0.29) is 11.8 Å². The Morgan fingerprint density at radius 2 is 1.73 bits per heavy atom. The van der Waals surface area contributed by atoms with Crippen LogP contribution >= 0.6 is 0 Å². The Morgan fingerprint density at radius 3 is 2.42 bits per heavy atom. The summed E-state index contributed by atoms with van der Waals surface area (Å²) in [5.41, 5.74) is 6.22. The van der Waals surface area contributed by atoms with E-state index in [0.29, 0.717) is 0 Å². The zero-order valence-corrected chi connectivity index (χ0v) is 14.8. The Balaban J connectivity index is 1.47. The Morgan fingerprint density at radius 1 is 0.962 bits per heavy atom. The molecule has 26 heavy (non-hydrogen) atoms. The molecular formula is C23H22N2O. The van der Waals surface area contributed by atoms with Gasteiger partial charge >= 0.3 is 0 Å². The van der Waals surface area contributed by atoms with Gasteiger partial charge in [-0.15, -0.1) is 0 Å². The minimum Gasteiger partial charge on any atom is -0.382 e. The van der Waals surface area contributed by atoms with Crippen LogP contribution in [0, 0.1) is 6.92 Å². The van der Waals surface area contributed by atoms with Gasteiger partial charge in [-0.25, -0.2) is 0 Å². The van der Waals surface area contributed by atoms with Gasteiger partial charge in [-0.2, -0.15) is 0 Å². The molecule has 0 saturated carbocycles. The van der Waals surface area contributed by atoms with Crippen molar-refractivity contribution < 1.29 is 4.79 Å². The van der Waals surface area contributed by atoms with Gasteiger partial charge < -0.3 is 10.3 Å². The molecule has 4 rings (SSSR count). The van der Waals surface area contributed by atoms with Crippen LogP contribution < -0.4 is 5.32 Å². The van der Waals surface area contributed by atoms with E-state index in [1.165, 1.54) is 11.1 Å². The number of Topliss-reactive ketones (excluding diaryl/α,β-unsaturated/α-hetero) is 1. The Labute approximate surface area is 153 Å². The standard InChI is InChI=1S/C23H22N2O/c1-16-7-9-18(10-8-16)23(26)19-11-12-21(24-15-19)22-14-13-20(25-22)17-5-3-2-4-6-17/h2-10,13-15,21,24-25H,11-12H2,1H3. The molecule has 1 aromatic heterocycles. The maximum Gasteiger partial charge on any atom is 0.190 e. The molecule has 1 aliphatic rings. The third-order valence-corrected chi connectivity index (χ3v) is 4.94. The van der Waals surface area contributed by atoms with E-state index >= 15 is 0 Å². The molecule has 0 radical (unpaired) electrons. The van der Waals surface area contributed by atoms with Gasteiger partial charge in [-0.1, -0.05) is 60.2 Å². The number of aromatic amines is 1. The van der Waals surface area contributed by atoms with Crippen LogP contribution in [0.15, 0.2) is 78.5 Å². The first kappa shape index (κ1) is 16.4. The third kappa shape index (κ3) is 3.33. The first-order valence-electron chi connectivity index (χ1n) is 9.01. The van der Waals surface area contributed by atoms with Crippen molar-refractivity contribution in [1.82, 2.24) is 10.3 Å². The van der Waals surface area contributed by atoms with Crippen LogP contribution in [-0.2, 0) is 0 Å². The SMILES string of the molecule is Cc1ccc(C(=O)C2=CNC(c3ccc(-c4ccccc4)[nH]3)CC2)cc1. The van der Waals surface area contributed by atoms with E-state index in [1.54, 1.807) is 0 Å². The number of benzene rings is 2. The quantitative estimate of drug-likeness (QED) is 0.642.